The van der Waals surface area contributed by atoms with Crippen molar-refractivity contribution in [3.63, 3.8) is 0 Å². The zero-order chi connectivity index (χ0) is 9.14. The molecule has 1 heterocycles. The third-order valence-electron chi connectivity index (χ3n) is 1.71. The van der Waals surface area contributed by atoms with Crippen molar-refractivity contribution in [2.45, 2.75) is 13.5 Å². The Bertz CT molecular complexity index is 278. The van der Waals surface area contributed by atoms with Gasteiger partial charge >= 0.3 is 0 Å². The highest BCUT2D eigenvalue weighted by molar-refractivity contribution is 5.75. The number of amides is 1. The second-order valence-electron chi connectivity index (χ2n) is 2.92. The fourth-order valence-electron chi connectivity index (χ4n) is 0.834. The Morgan fingerprint density at radius 1 is 1.67 bits per heavy atom. The van der Waals surface area contributed by atoms with Gasteiger partial charge in [0.2, 0.25) is 5.91 Å². The van der Waals surface area contributed by atoms with Crippen LogP contribution in [0.4, 0.5) is 0 Å². The van der Waals surface area contributed by atoms with E-state index in [0.29, 0.717) is 6.54 Å². The number of carbonyl (C=O) groups excluding carboxylic acids is 1. The first-order valence-electron chi connectivity index (χ1n) is 3.80. The van der Waals surface area contributed by atoms with Gasteiger partial charge in [0.25, 0.3) is 0 Å². The molecule has 0 spiro atoms. The van der Waals surface area contributed by atoms with Crippen molar-refractivity contribution in [1.29, 1.82) is 0 Å². The van der Waals surface area contributed by atoms with Crippen LogP contribution in [0.15, 0.2) is 12.3 Å². The van der Waals surface area contributed by atoms with Crippen molar-refractivity contribution in [2.75, 3.05) is 14.1 Å². The maximum Gasteiger partial charge on any atom is 0.243 e. The molecule has 1 amide bonds. The molecule has 0 fully saturated rings. The molecule has 0 atom stereocenters. The van der Waals surface area contributed by atoms with Gasteiger partial charge in [-0.05, 0) is 13.0 Å². The van der Waals surface area contributed by atoms with E-state index in [4.69, 9.17) is 0 Å². The summed E-state index contributed by atoms with van der Waals surface area (Å²) < 4.78 is 1.68. The van der Waals surface area contributed by atoms with Crippen LogP contribution < -0.4 is 0 Å². The Labute approximate surface area is 71.8 Å². The third-order valence-corrected chi connectivity index (χ3v) is 1.71. The summed E-state index contributed by atoms with van der Waals surface area (Å²) in [6.45, 7) is 2.25. The fraction of sp³-hybridized carbons (Fsp3) is 0.500. The van der Waals surface area contributed by atoms with Gasteiger partial charge in [-0.15, -0.1) is 0 Å². The first kappa shape index (κ1) is 8.77. The second kappa shape index (κ2) is 3.38. The lowest BCUT2D eigenvalue weighted by molar-refractivity contribution is -0.129. The zero-order valence-electron chi connectivity index (χ0n) is 7.61. The van der Waals surface area contributed by atoms with Crippen LogP contribution >= 0.6 is 0 Å². The van der Waals surface area contributed by atoms with Crippen molar-refractivity contribution in [3.8, 4) is 0 Å². The summed E-state index contributed by atoms with van der Waals surface area (Å²) in [6, 6.07) is 1.88. The molecule has 12 heavy (non-hydrogen) atoms. The van der Waals surface area contributed by atoms with Gasteiger partial charge in [-0.3, -0.25) is 9.48 Å². The van der Waals surface area contributed by atoms with Gasteiger partial charge in [0.15, 0.2) is 0 Å². The van der Waals surface area contributed by atoms with E-state index in [2.05, 4.69) is 5.10 Å². The van der Waals surface area contributed by atoms with Crippen LogP contribution in [-0.2, 0) is 11.3 Å². The average molecular weight is 167 g/mol. The molecule has 0 bridgehead atoms. The van der Waals surface area contributed by atoms with Crippen LogP contribution in [0.3, 0.4) is 0 Å². The molecule has 0 radical (unpaired) electrons. The topological polar surface area (TPSA) is 38.1 Å². The monoisotopic (exact) mass is 167 g/mol. The van der Waals surface area contributed by atoms with Crippen molar-refractivity contribution in [3.05, 3.63) is 18.0 Å². The Morgan fingerprint density at radius 2 is 2.33 bits per heavy atom. The molecule has 0 aliphatic rings. The van der Waals surface area contributed by atoms with Crippen LogP contribution in [-0.4, -0.2) is 34.7 Å². The van der Waals surface area contributed by atoms with E-state index >= 15 is 0 Å². The molecule has 1 aromatic heterocycles. The van der Waals surface area contributed by atoms with E-state index in [1.54, 1.807) is 29.9 Å². The molecule has 0 unspecified atom stereocenters. The second-order valence-corrected chi connectivity index (χ2v) is 2.92. The van der Waals surface area contributed by atoms with Gasteiger partial charge < -0.3 is 4.90 Å². The summed E-state index contributed by atoms with van der Waals surface area (Å²) in [7, 11) is 3.47. The molecular weight excluding hydrogens is 154 g/mol. The first-order chi connectivity index (χ1) is 5.61. The number of likely N-dealkylation sites (N-methyl/N-ethyl adjacent to an activating group) is 1. The van der Waals surface area contributed by atoms with Crippen molar-refractivity contribution in [1.82, 2.24) is 14.7 Å². The predicted octanol–water partition coefficient (Wildman–Crippen LogP) is 0.280. The van der Waals surface area contributed by atoms with E-state index in [1.165, 1.54) is 0 Å². The molecule has 66 valence electrons. The number of hydrogen-bond donors (Lipinski definition) is 0. The van der Waals surface area contributed by atoms with Gasteiger partial charge in [-0.1, -0.05) is 0 Å². The molecule has 0 aromatic carbocycles. The zero-order valence-corrected chi connectivity index (χ0v) is 7.61. The minimum Gasteiger partial charge on any atom is -0.347 e. The lowest BCUT2D eigenvalue weighted by Gasteiger charge is -2.10. The van der Waals surface area contributed by atoms with Gasteiger partial charge in [0.1, 0.15) is 6.54 Å². The summed E-state index contributed by atoms with van der Waals surface area (Å²) >= 11 is 0. The lowest BCUT2D eigenvalue weighted by Crippen LogP contribution is -2.27. The van der Waals surface area contributed by atoms with Crippen molar-refractivity contribution >= 4 is 5.91 Å². The molecule has 4 nitrogen and oxygen atoms in total. The Kier molecular flexibility index (Phi) is 2.47. The molecular formula is C8H13N3O. The predicted molar refractivity (Wildman–Crippen MR) is 45.7 cm³/mol. The lowest BCUT2D eigenvalue weighted by atomic mass is 10.4. The van der Waals surface area contributed by atoms with Gasteiger partial charge in [0, 0.05) is 26.0 Å². The Hall–Kier alpha value is -1.32. The van der Waals surface area contributed by atoms with E-state index in [0.717, 1.165) is 5.69 Å². The summed E-state index contributed by atoms with van der Waals surface area (Å²) in [4.78, 5) is 12.8. The van der Waals surface area contributed by atoms with E-state index in [1.807, 2.05) is 13.0 Å². The largest absolute Gasteiger partial charge is 0.347 e. The van der Waals surface area contributed by atoms with Gasteiger partial charge in [-0.25, -0.2) is 0 Å². The number of nitrogens with zero attached hydrogens (tertiary/aromatic N) is 3. The van der Waals surface area contributed by atoms with Gasteiger partial charge in [-0.2, -0.15) is 5.10 Å². The van der Waals surface area contributed by atoms with Crippen LogP contribution in [0.2, 0.25) is 0 Å². The molecule has 0 aliphatic heterocycles. The highest BCUT2D eigenvalue weighted by atomic mass is 16.2. The Balaban J connectivity index is 2.64. The number of hydrogen-bond acceptors (Lipinski definition) is 2. The Morgan fingerprint density at radius 3 is 2.75 bits per heavy atom. The SMILES string of the molecule is Cc1ccnn1CC(=O)N(C)C. The van der Waals surface area contributed by atoms with Crippen molar-refractivity contribution in [2.24, 2.45) is 0 Å². The molecule has 0 saturated carbocycles. The quantitative estimate of drug-likeness (QED) is 0.634. The van der Waals surface area contributed by atoms with E-state index in [9.17, 15) is 4.79 Å². The smallest absolute Gasteiger partial charge is 0.243 e. The van der Waals surface area contributed by atoms with Crippen LogP contribution in [0.5, 0.6) is 0 Å². The van der Waals surface area contributed by atoms with E-state index in [-0.39, 0.29) is 5.91 Å². The van der Waals surface area contributed by atoms with Crippen LogP contribution in [0.1, 0.15) is 5.69 Å². The average Bonchev–Trinajstić information content (AvgIpc) is 2.36. The summed E-state index contributed by atoms with van der Waals surface area (Å²) in [5.41, 5.74) is 1.00. The van der Waals surface area contributed by atoms with Crippen LogP contribution in [0.25, 0.3) is 0 Å². The molecule has 0 aliphatic carbocycles. The number of carbonyl (C=O) groups is 1. The van der Waals surface area contributed by atoms with Crippen molar-refractivity contribution < 1.29 is 4.79 Å². The normalized spacial score (nSPS) is 9.92. The summed E-state index contributed by atoms with van der Waals surface area (Å²) in [5.74, 6) is 0.0572. The van der Waals surface area contributed by atoms with E-state index < -0.39 is 0 Å². The minimum atomic E-state index is 0.0572. The number of rotatable bonds is 2. The molecule has 0 saturated heterocycles. The number of aryl methyl sites for hydroxylation is 1. The highest BCUT2D eigenvalue weighted by Crippen LogP contribution is 1.96. The standard InChI is InChI=1S/C8H13N3O/c1-7-4-5-9-11(7)6-8(12)10(2)3/h4-5H,6H2,1-3H3. The van der Waals surface area contributed by atoms with Gasteiger partial charge in [0.05, 0.1) is 0 Å². The first-order valence-corrected chi connectivity index (χ1v) is 3.80. The fourth-order valence-corrected chi connectivity index (χ4v) is 0.834. The molecule has 0 N–H and O–H groups in total. The summed E-state index contributed by atoms with van der Waals surface area (Å²) in [5, 5.41) is 4.01. The number of aromatic nitrogens is 2. The summed E-state index contributed by atoms with van der Waals surface area (Å²) in [6.07, 6.45) is 1.69. The maximum absolute atomic E-state index is 11.2. The molecule has 1 aromatic rings. The third kappa shape index (κ3) is 1.84. The van der Waals surface area contributed by atoms with Crippen LogP contribution in [0, 0.1) is 6.92 Å². The maximum atomic E-state index is 11.2. The molecule has 1 rings (SSSR count). The highest BCUT2D eigenvalue weighted by Gasteiger charge is 2.06. The minimum absolute atomic E-state index is 0.0572. The molecule has 4 heteroatoms.